The first-order valence-corrected chi connectivity index (χ1v) is 9.25. The molecule has 0 saturated heterocycles. The molecule has 0 atom stereocenters. The largest absolute Gasteiger partial charge is 0.416 e. The highest BCUT2D eigenvalue weighted by Crippen LogP contribution is 2.31. The van der Waals surface area contributed by atoms with Gasteiger partial charge in [0.2, 0.25) is 17.6 Å². The lowest BCUT2D eigenvalue weighted by atomic mass is 9.99. The first kappa shape index (κ1) is 19.2. The SMILES string of the molecule is O=C(CCc1nc(-c2cccc(C(F)(F)F)c2)no1)N1CCc2ccccc2C1. The zero-order valence-electron chi connectivity index (χ0n) is 15.4. The van der Waals surface area contributed by atoms with Crippen LogP contribution in [0.15, 0.2) is 53.1 Å². The van der Waals surface area contributed by atoms with Crippen LogP contribution >= 0.6 is 0 Å². The normalized spacial score (nSPS) is 14.0. The molecule has 2 heterocycles. The lowest BCUT2D eigenvalue weighted by Gasteiger charge is -2.28. The van der Waals surface area contributed by atoms with E-state index >= 15 is 0 Å². The molecule has 1 amide bonds. The molecule has 1 aliphatic rings. The highest BCUT2D eigenvalue weighted by atomic mass is 19.4. The van der Waals surface area contributed by atoms with E-state index in [9.17, 15) is 18.0 Å². The van der Waals surface area contributed by atoms with E-state index in [4.69, 9.17) is 4.52 Å². The summed E-state index contributed by atoms with van der Waals surface area (Å²) in [6.45, 7) is 1.24. The van der Waals surface area contributed by atoms with Crippen LogP contribution in [0.4, 0.5) is 13.2 Å². The molecule has 0 unspecified atom stereocenters. The summed E-state index contributed by atoms with van der Waals surface area (Å²) in [6.07, 6.45) is -3.18. The van der Waals surface area contributed by atoms with Crippen LogP contribution < -0.4 is 0 Å². The molecule has 0 fully saturated rings. The van der Waals surface area contributed by atoms with E-state index in [0.29, 0.717) is 13.1 Å². The fourth-order valence-electron chi connectivity index (χ4n) is 3.39. The third kappa shape index (κ3) is 4.31. The average molecular weight is 401 g/mol. The van der Waals surface area contributed by atoms with Crippen molar-refractivity contribution in [2.45, 2.75) is 32.0 Å². The van der Waals surface area contributed by atoms with Gasteiger partial charge in [-0.3, -0.25) is 4.79 Å². The molecule has 29 heavy (non-hydrogen) atoms. The molecule has 4 rings (SSSR count). The van der Waals surface area contributed by atoms with Crippen molar-refractivity contribution >= 4 is 5.91 Å². The second-order valence-corrected chi connectivity index (χ2v) is 6.92. The minimum Gasteiger partial charge on any atom is -0.339 e. The Morgan fingerprint density at radius 1 is 1.10 bits per heavy atom. The van der Waals surface area contributed by atoms with Crippen LogP contribution in [0.25, 0.3) is 11.4 Å². The number of halogens is 3. The van der Waals surface area contributed by atoms with Crippen LogP contribution in [0.3, 0.4) is 0 Å². The number of rotatable bonds is 4. The van der Waals surface area contributed by atoms with Gasteiger partial charge in [0, 0.05) is 31.5 Å². The highest BCUT2D eigenvalue weighted by Gasteiger charge is 2.30. The maximum atomic E-state index is 12.9. The maximum Gasteiger partial charge on any atom is 0.416 e. The average Bonchev–Trinajstić information content (AvgIpc) is 3.20. The molecule has 5 nitrogen and oxygen atoms in total. The van der Waals surface area contributed by atoms with E-state index in [1.165, 1.54) is 17.7 Å². The summed E-state index contributed by atoms with van der Waals surface area (Å²) in [7, 11) is 0. The molecular formula is C21H18F3N3O2. The molecule has 0 bridgehead atoms. The number of aryl methyl sites for hydroxylation is 1. The molecular weight excluding hydrogens is 383 g/mol. The Hall–Kier alpha value is -3.16. The molecule has 0 N–H and O–H groups in total. The van der Waals surface area contributed by atoms with Crippen molar-refractivity contribution in [3.05, 3.63) is 71.1 Å². The van der Waals surface area contributed by atoms with Gasteiger partial charge in [-0.2, -0.15) is 18.2 Å². The molecule has 2 aromatic carbocycles. The summed E-state index contributed by atoms with van der Waals surface area (Å²) in [6, 6.07) is 12.8. The quantitative estimate of drug-likeness (QED) is 0.655. The topological polar surface area (TPSA) is 59.2 Å². The number of alkyl halides is 3. The van der Waals surface area contributed by atoms with Crippen LogP contribution in [-0.2, 0) is 30.4 Å². The maximum absolute atomic E-state index is 12.9. The van der Waals surface area contributed by atoms with E-state index in [-0.39, 0.29) is 36.0 Å². The summed E-state index contributed by atoms with van der Waals surface area (Å²) in [5, 5.41) is 3.75. The lowest BCUT2D eigenvalue weighted by molar-refractivity contribution is -0.137. The van der Waals surface area contributed by atoms with Gasteiger partial charge in [-0.1, -0.05) is 41.6 Å². The molecule has 0 aliphatic carbocycles. The second-order valence-electron chi connectivity index (χ2n) is 6.92. The fraction of sp³-hybridized carbons (Fsp3) is 0.286. The first-order chi connectivity index (χ1) is 13.9. The number of amides is 1. The van der Waals surface area contributed by atoms with E-state index in [1.54, 1.807) is 4.90 Å². The summed E-state index contributed by atoms with van der Waals surface area (Å²) in [5.41, 5.74) is 1.85. The van der Waals surface area contributed by atoms with Gasteiger partial charge in [-0.15, -0.1) is 0 Å². The Labute approximate surface area is 165 Å². The standard InChI is InChI=1S/C21H18F3N3O2/c22-21(23,24)17-7-3-6-15(12-17)20-25-18(29-26-20)8-9-19(28)27-11-10-14-4-1-2-5-16(14)13-27/h1-7,12H,8-11,13H2. The molecule has 0 saturated carbocycles. The van der Waals surface area contributed by atoms with Gasteiger partial charge < -0.3 is 9.42 Å². The van der Waals surface area contributed by atoms with Gasteiger partial charge >= 0.3 is 6.18 Å². The Morgan fingerprint density at radius 2 is 1.90 bits per heavy atom. The molecule has 1 aromatic heterocycles. The summed E-state index contributed by atoms with van der Waals surface area (Å²) < 4.78 is 43.7. The summed E-state index contributed by atoms with van der Waals surface area (Å²) in [5.74, 6) is 0.284. The fourth-order valence-corrected chi connectivity index (χ4v) is 3.39. The van der Waals surface area contributed by atoms with Gasteiger partial charge in [0.1, 0.15) is 0 Å². The zero-order chi connectivity index (χ0) is 20.4. The van der Waals surface area contributed by atoms with Gasteiger partial charge in [0.25, 0.3) is 0 Å². The number of benzene rings is 2. The molecule has 3 aromatic rings. The van der Waals surface area contributed by atoms with E-state index in [2.05, 4.69) is 16.2 Å². The predicted octanol–water partition coefficient (Wildman–Crippen LogP) is 4.27. The smallest absolute Gasteiger partial charge is 0.339 e. The van der Waals surface area contributed by atoms with E-state index in [1.807, 2.05) is 18.2 Å². The van der Waals surface area contributed by atoms with Crippen LogP contribution in [0, 0.1) is 0 Å². The minimum absolute atomic E-state index is 0.0154. The summed E-state index contributed by atoms with van der Waals surface area (Å²) >= 11 is 0. The Morgan fingerprint density at radius 3 is 2.69 bits per heavy atom. The van der Waals surface area contributed by atoms with Gasteiger partial charge in [-0.05, 0) is 29.7 Å². The zero-order valence-corrected chi connectivity index (χ0v) is 15.4. The molecule has 8 heteroatoms. The van der Waals surface area contributed by atoms with Gasteiger partial charge in [0.05, 0.1) is 5.56 Å². The molecule has 1 aliphatic heterocycles. The molecule has 150 valence electrons. The van der Waals surface area contributed by atoms with Crippen LogP contribution in [0.5, 0.6) is 0 Å². The monoisotopic (exact) mass is 401 g/mol. The van der Waals surface area contributed by atoms with Crippen LogP contribution in [-0.4, -0.2) is 27.5 Å². The van der Waals surface area contributed by atoms with Gasteiger partial charge in [-0.25, -0.2) is 0 Å². The third-order valence-electron chi connectivity index (χ3n) is 4.95. The number of fused-ring (bicyclic) bond motifs is 1. The lowest BCUT2D eigenvalue weighted by Crippen LogP contribution is -2.36. The van der Waals surface area contributed by atoms with Crippen LogP contribution in [0.2, 0.25) is 0 Å². The Balaban J connectivity index is 1.38. The van der Waals surface area contributed by atoms with Crippen molar-refractivity contribution in [2.24, 2.45) is 0 Å². The van der Waals surface area contributed by atoms with E-state index in [0.717, 1.165) is 24.1 Å². The van der Waals surface area contributed by atoms with Crippen molar-refractivity contribution in [1.82, 2.24) is 15.0 Å². The van der Waals surface area contributed by atoms with Crippen molar-refractivity contribution < 1.29 is 22.5 Å². The Bertz CT molecular complexity index is 1030. The number of carbonyl (C=O) groups is 1. The first-order valence-electron chi connectivity index (χ1n) is 9.25. The van der Waals surface area contributed by atoms with Crippen molar-refractivity contribution in [2.75, 3.05) is 6.54 Å². The number of carbonyl (C=O) groups excluding carboxylic acids is 1. The number of aromatic nitrogens is 2. The van der Waals surface area contributed by atoms with Crippen molar-refractivity contribution in [3.8, 4) is 11.4 Å². The molecule has 0 spiro atoms. The highest BCUT2D eigenvalue weighted by molar-refractivity contribution is 5.76. The number of hydrogen-bond acceptors (Lipinski definition) is 4. The Kier molecular flexibility index (Phi) is 5.08. The molecule has 0 radical (unpaired) electrons. The number of nitrogens with zero attached hydrogens (tertiary/aromatic N) is 3. The third-order valence-corrected chi connectivity index (χ3v) is 4.95. The van der Waals surface area contributed by atoms with Crippen LogP contribution in [0.1, 0.15) is 29.0 Å². The van der Waals surface area contributed by atoms with Gasteiger partial charge in [0.15, 0.2) is 0 Å². The minimum atomic E-state index is -4.44. The summed E-state index contributed by atoms with van der Waals surface area (Å²) in [4.78, 5) is 18.5. The predicted molar refractivity (Wildman–Crippen MR) is 98.6 cm³/mol. The number of hydrogen-bond donors (Lipinski definition) is 0. The second kappa shape index (κ2) is 7.69. The van der Waals surface area contributed by atoms with Crippen molar-refractivity contribution in [1.29, 1.82) is 0 Å². The van der Waals surface area contributed by atoms with E-state index < -0.39 is 11.7 Å². The van der Waals surface area contributed by atoms with Crippen molar-refractivity contribution in [3.63, 3.8) is 0 Å².